The van der Waals surface area contributed by atoms with Gasteiger partial charge in [0.2, 0.25) is 0 Å². The molecule has 0 bridgehead atoms. The Bertz CT molecular complexity index is 148. The molecule has 1 aliphatic carbocycles. The van der Waals surface area contributed by atoms with Crippen LogP contribution in [0.4, 0.5) is 0 Å². The number of hydrogen-bond donors (Lipinski definition) is 2. The zero-order valence-corrected chi connectivity index (χ0v) is 5.70. The van der Waals surface area contributed by atoms with Crippen LogP contribution in [0.1, 0.15) is 12.8 Å². The van der Waals surface area contributed by atoms with Gasteiger partial charge in [-0.1, -0.05) is 0 Å². The third kappa shape index (κ3) is 0.998. The molecular weight excluding hydrogens is 136 g/mol. The maximum Gasteiger partial charge on any atom is 0.338 e. The molecule has 2 N–H and O–H groups in total. The Morgan fingerprint density at radius 1 is 1.70 bits per heavy atom. The van der Waals surface area contributed by atoms with Gasteiger partial charge in [0.15, 0.2) is 5.60 Å². The van der Waals surface area contributed by atoms with E-state index in [1.54, 1.807) is 0 Å². The molecule has 0 aromatic heterocycles. The van der Waals surface area contributed by atoms with Crippen molar-refractivity contribution in [3.63, 3.8) is 0 Å². The lowest BCUT2D eigenvalue weighted by atomic mass is 9.78. The summed E-state index contributed by atoms with van der Waals surface area (Å²) < 4.78 is 4.31. The molecule has 0 saturated heterocycles. The molecule has 1 saturated carbocycles. The molecule has 0 heterocycles. The van der Waals surface area contributed by atoms with Crippen LogP contribution < -0.4 is 0 Å². The van der Waals surface area contributed by atoms with Crippen LogP contribution >= 0.6 is 0 Å². The molecule has 4 heteroatoms. The molecule has 0 aromatic rings. The number of carbonyl (C=O) groups is 1. The van der Waals surface area contributed by atoms with Crippen molar-refractivity contribution in [1.82, 2.24) is 0 Å². The minimum Gasteiger partial charge on any atom is -0.467 e. The lowest BCUT2D eigenvalue weighted by molar-refractivity contribution is -0.184. The highest BCUT2D eigenvalue weighted by Gasteiger charge is 2.49. The molecule has 0 amide bonds. The highest BCUT2D eigenvalue weighted by atomic mass is 16.5. The summed E-state index contributed by atoms with van der Waals surface area (Å²) in [4.78, 5) is 10.7. The van der Waals surface area contributed by atoms with Gasteiger partial charge in [-0.2, -0.15) is 0 Å². The van der Waals surface area contributed by atoms with E-state index in [0.717, 1.165) is 0 Å². The molecular formula is C6H10O4. The van der Waals surface area contributed by atoms with E-state index in [0.29, 0.717) is 0 Å². The van der Waals surface area contributed by atoms with E-state index in [9.17, 15) is 9.90 Å². The summed E-state index contributed by atoms with van der Waals surface area (Å²) in [5, 5.41) is 18.0. The predicted molar refractivity (Wildman–Crippen MR) is 32.2 cm³/mol. The topological polar surface area (TPSA) is 66.8 Å². The zero-order chi connectivity index (χ0) is 7.78. The number of carbonyl (C=O) groups excluding carboxylic acids is 1. The fourth-order valence-corrected chi connectivity index (χ4v) is 1.08. The van der Waals surface area contributed by atoms with Crippen LogP contribution in [0.2, 0.25) is 0 Å². The van der Waals surface area contributed by atoms with Gasteiger partial charge < -0.3 is 14.9 Å². The van der Waals surface area contributed by atoms with Crippen LogP contribution in [0.5, 0.6) is 0 Å². The van der Waals surface area contributed by atoms with Gasteiger partial charge in [0, 0.05) is 12.8 Å². The van der Waals surface area contributed by atoms with E-state index in [4.69, 9.17) is 5.11 Å². The van der Waals surface area contributed by atoms with Crippen LogP contribution in [-0.4, -0.2) is 35.0 Å². The molecule has 1 rings (SSSR count). The van der Waals surface area contributed by atoms with Gasteiger partial charge in [0.1, 0.15) is 0 Å². The van der Waals surface area contributed by atoms with Crippen LogP contribution in [0, 0.1) is 0 Å². The third-order valence-corrected chi connectivity index (χ3v) is 1.71. The molecule has 0 spiro atoms. The van der Waals surface area contributed by atoms with Gasteiger partial charge >= 0.3 is 5.97 Å². The maximum atomic E-state index is 10.7. The number of aliphatic hydroxyl groups is 2. The molecule has 10 heavy (non-hydrogen) atoms. The molecule has 0 aromatic carbocycles. The number of rotatable bonds is 1. The minimum atomic E-state index is -1.41. The van der Waals surface area contributed by atoms with Crippen molar-refractivity contribution in [1.29, 1.82) is 0 Å². The van der Waals surface area contributed by atoms with Gasteiger partial charge in [-0.25, -0.2) is 4.79 Å². The molecule has 1 aliphatic rings. The minimum absolute atomic E-state index is 0.0969. The third-order valence-electron chi connectivity index (χ3n) is 1.71. The Morgan fingerprint density at radius 2 is 2.20 bits per heavy atom. The SMILES string of the molecule is COC(=O)C1(O)CC(O)C1. The average molecular weight is 146 g/mol. The second-order valence-corrected chi connectivity index (χ2v) is 2.59. The Hall–Kier alpha value is -0.610. The quantitative estimate of drug-likeness (QED) is 0.468. The first-order valence-electron chi connectivity index (χ1n) is 3.07. The van der Waals surface area contributed by atoms with E-state index in [-0.39, 0.29) is 12.8 Å². The monoisotopic (exact) mass is 146 g/mol. The standard InChI is InChI=1S/C6H10O4/c1-10-5(8)6(9)2-4(7)3-6/h4,7,9H,2-3H2,1H3. The summed E-state index contributed by atoms with van der Waals surface area (Å²) in [6.45, 7) is 0. The number of hydrogen-bond acceptors (Lipinski definition) is 4. The van der Waals surface area contributed by atoms with E-state index < -0.39 is 17.7 Å². The Balaban J connectivity index is 2.48. The molecule has 0 atom stereocenters. The highest BCUT2D eigenvalue weighted by molar-refractivity contribution is 5.80. The van der Waals surface area contributed by atoms with E-state index >= 15 is 0 Å². The number of ether oxygens (including phenoxy) is 1. The summed E-state index contributed by atoms with van der Waals surface area (Å²) in [5.74, 6) is -0.655. The van der Waals surface area contributed by atoms with Gasteiger partial charge in [0.05, 0.1) is 13.2 Å². The maximum absolute atomic E-state index is 10.7. The molecule has 4 nitrogen and oxygen atoms in total. The van der Waals surface area contributed by atoms with Crippen LogP contribution in [0.3, 0.4) is 0 Å². The zero-order valence-electron chi connectivity index (χ0n) is 5.70. The van der Waals surface area contributed by atoms with Crippen molar-refractivity contribution in [2.75, 3.05) is 7.11 Å². The van der Waals surface area contributed by atoms with E-state index in [1.807, 2.05) is 0 Å². The van der Waals surface area contributed by atoms with Crippen molar-refractivity contribution in [3.8, 4) is 0 Å². The molecule has 1 fully saturated rings. The van der Waals surface area contributed by atoms with Crippen molar-refractivity contribution >= 4 is 5.97 Å². The van der Waals surface area contributed by atoms with Gasteiger partial charge in [-0.05, 0) is 0 Å². The summed E-state index contributed by atoms with van der Waals surface area (Å²) >= 11 is 0. The van der Waals surface area contributed by atoms with Gasteiger partial charge in [-0.15, -0.1) is 0 Å². The normalized spacial score (nSPS) is 38.5. The van der Waals surface area contributed by atoms with Crippen LogP contribution in [0.15, 0.2) is 0 Å². The Kier molecular flexibility index (Phi) is 1.66. The summed E-state index contributed by atoms with van der Waals surface area (Å²) in [7, 11) is 1.21. The fourth-order valence-electron chi connectivity index (χ4n) is 1.08. The number of esters is 1. The number of aliphatic hydroxyl groups excluding tert-OH is 1. The molecule has 0 radical (unpaired) electrons. The van der Waals surface area contributed by atoms with Crippen molar-refractivity contribution in [2.24, 2.45) is 0 Å². The summed E-state index contributed by atoms with van der Waals surface area (Å²) in [6, 6.07) is 0. The molecule has 0 unspecified atom stereocenters. The Labute approximate surface area is 58.4 Å². The van der Waals surface area contributed by atoms with E-state index in [1.165, 1.54) is 7.11 Å². The van der Waals surface area contributed by atoms with Gasteiger partial charge in [0.25, 0.3) is 0 Å². The molecule has 58 valence electrons. The lowest BCUT2D eigenvalue weighted by Crippen LogP contribution is -2.53. The average Bonchev–Trinajstić information content (AvgIpc) is 1.83. The number of methoxy groups -OCH3 is 1. The summed E-state index contributed by atoms with van der Waals surface area (Å²) in [6.07, 6.45) is -0.358. The summed E-state index contributed by atoms with van der Waals surface area (Å²) in [5.41, 5.74) is -1.41. The van der Waals surface area contributed by atoms with Crippen LogP contribution in [0.25, 0.3) is 0 Å². The van der Waals surface area contributed by atoms with Gasteiger partial charge in [-0.3, -0.25) is 0 Å². The highest BCUT2D eigenvalue weighted by Crippen LogP contribution is 2.32. The van der Waals surface area contributed by atoms with Crippen molar-refractivity contribution < 1.29 is 19.7 Å². The Morgan fingerprint density at radius 3 is 2.50 bits per heavy atom. The lowest BCUT2D eigenvalue weighted by Gasteiger charge is -2.37. The first-order chi connectivity index (χ1) is 4.58. The van der Waals surface area contributed by atoms with E-state index in [2.05, 4.69) is 4.74 Å². The van der Waals surface area contributed by atoms with Crippen molar-refractivity contribution in [3.05, 3.63) is 0 Å². The van der Waals surface area contributed by atoms with Crippen molar-refractivity contribution in [2.45, 2.75) is 24.5 Å². The first kappa shape index (κ1) is 7.50. The fraction of sp³-hybridized carbons (Fsp3) is 0.833. The van der Waals surface area contributed by atoms with Crippen LogP contribution in [-0.2, 0) is 9.53 Å². The predicted octanol–water partition coefficient (Wildman–Crippen LogP) is -0.955. The second kappa shape index (κ2) is 2.21. The second-order valence-electron chi connectivity index (χ2n) is 2.59. The first-order valence-corrected chi connectivity index (χ1v) is 3.07. The molecule has 0 aliphatic heterocycles. The largest absolute Gasteiger partial charge is 0.467 e. The smallest absolute Gasteiger partial charge is 0.338 e.